The monoisotopic (exact) mass is 171 g/mol. The quantitative estimate of drug-likeness (QED) is 0.679. The highest BCUT2D eigenvalue weighted by Crippen LogP contribution is 2.02. The van der Waals surface area contributed by atoms with Gasteiger partial charge in [-0.25, -0.2) is 15.0 Å². The maximum Gasteiger partial charge on any atom is 0.225 e. The SMILES string of the molecule is CCc1nc(Cl)nc(CC)n1. The third-order valence-corrected chi connectivity index (χ3v) is 1.50. The van der Waals surface area contributed by atoms with Crippen LogP contribution in [0.5, 0.6) is 0 Å². The Bertz CT molecular complexity index is 227. The standard InChI is InChI=1S/C7H10ClN3/c1-3-5-9-6(4-2)11-7(8)10-5/h3-4H2,1-2H3. The maximum absolute atomic E-state index is 5.65. The molecule has 0 atom stereocenters. The van der Waals surface area contributed by atoms with E-state index in [2.05, 4.69) is 15.0 Å². The van der Waals surface area contributed by atoms with Gasteiger partial charge < -0.3 is 0 Å². The van der Waals surface area contributed by atoms with E-state index >= 15 is 0 Å². The van der Waals surface area contributed by atoms with E-state index in [0.717, 1.165) is 24.5 Å². The van der Waals surface area contributed by atoms with Gasteiger partial charge in [0.2, 0.25) is 5.28 Å². The van der Waals surface area contributed by atoms with E-state index in [-0.39, 0.29) is 0 Å². The van der Waals surface area contributed by atoms with Crippen LogP contribution in [-0.2, 0) is 12.8 Å². The lowest BCUT2D eigenvalue weighted by atomic mass is 10.4. The van der Waals surface area contributed by atoms with Gasteiger partial charge in [-0.1, -0.05) is 13.8 Å². The predicted octanol–water partition coefficient (Wildman–Crippen LogP) is 1.65. The summed E-state index contributed by atoms with van der Waals surface area (Å²) in [7, 11) is 0. The number of hydrogen-bond acceptors (Lipinski definition) is 3. The van der Waals surface area contributed by atoms with E-state index in [4.69, 9.17) is 11.6 Å². The molecule has 0 aliphatic rings. The summed E-state index contributed by atoms with van der Waals surface area (Å²) < 4.78 is 0. The average Bonchev–Trinajstić information content (AvgIpc) is 2.03. The minimum atomic E-state index is 0.300. The lowest BCUT2D eigenvalue weighted by Crippen LogP contribution is -2.01. The van der Waals surface area contributed by atoms with Crippen molar-refractivity contribution in [3.8, 4) is 0 Å². The number of hydrogen-bond donors (Lipinski definition) is 0. The molecule has 3 nitrogen and oxygen atoms in total. The second-order valence-electron chi connectivity index (χ2n) is 2.14. The highest BCUT2D eigenvalue weighted by molar-refractivity contribution is 6.28. The van der Waals surface area contributed by atoms with Gasteiger partial charge in [0.15, 0.2) is 0 Å². The summed E-state index contributed by atoms with van der Waals surface area (Å²) in [5.74, 6) is 1.53. The largest absolute Gasteiger partial charge is 0.225 e. The van der Waals surface area contributed by atoms with Crippen molar-refractivity contribution in [3.63, 3.8) is 0 Å². The molecule has 1 aromatic heterocycles. The maximum atomic E-state index is 5.65. The third kappa shape index (κ3) is 2.12. The van der Waals surface area contributed by atoms with Gasteiger partial charge in [-0.05, 0) is 11.6 Å². The van der Waals surface area contributed by atoms with Crippen molar-refractivity contribution in [2.24, 2.45) is 0 Å². The molecule has 0 bridgehead atoms. The minimum absolute atomic E-state index is 0.300. The molecule has 0 saturated heterocycles. The Hall–Kier alpha value is -0.700. The first-order valence-electron chi connectivity index (χ1n) is 3.65. The molecule has 0 saturated carbocycles. The Morgan fingerprint density at radius 1 is 1.00 bits per heavy atom. The zero-order valence-electron chi connectivity index (χ0n) is 6.63. The van der Waals surface area contributed by atoms with Crippen LogP contribution in [0.25, 0.3) is 0 Å². The summed E-state index contributed by atoms with van der Waals surface area (Å²) in [6.07, 6.45) is 1.60. The van der Waals surface area contributed by atoms with Gasteiger partial charge in [-0.2, -0.15) is 0 Å². The predicted molar refractivity (Wildman–Crippen MR) is 43.6 cm³/mol. The zero-order chi connectivity index (χ0) is 8.27. The minimum Gasteiger partial charge on any atom is -0.218 e. The second kappa shape index (κ2) is 3.62. The highest BCUT2D eigenvalue weighted by Gasteiger charge is 2.00. The summed E-state index contributed by atoms with van der Waals surface area (Å²) in [6.45, 7) is 3.98. The van der Waals surface area contributed by atoms with Gasteiger partial charge in [-0.15, -0.1) is 0 Å². The number of halogens is 1. The topological polar surface area (TPSA) is 38.7 Å². The molecule has 1 heterocycles. The molecule has 11 heavy (non-hydrogen) atoms. The first-order valence-corrected chi connectivity index (χ1v) is 4.03. The van der Waals surface area contributed by atoms with Gasteiger partial charge in [0.25, 0.3) is 0 Å². The van der Waals surface area contributed by atoms with E-state index in [1.165, 1.54) is 0 Å². The van der Waals surface area contributed by atoms with Gasteiger partial charge in [0, 0.05) is 12.8 Å². The summed E-state index contributed by atoms with van der Waals surface area (Å²) in [5, 5.41) is 0.300. The Labute approximate surface area is 70.9 Å². The van der Waals surface area contributed by atoms with Crippen LogP contribution in [0.15, 0.2) is 0 Å². The summed E-state index contributed by atoms with van der Waals surface area (Å²) >= 11 is 5.65. The molecule has 0 radical (unpaired) electrons. The third-order valence-electron chi connectivity index (χ3n) is 1.33. The van der Waals surface area contributed by atoms with Crippen LogP contribution in [0.4, 0.5) is 0 Å². The van der Waals surface area contributed by atoms with Crippen LogP contribution < -0.4 is 0 Å². The molecule has 0 aliphatic carbocycles. The fourth-order valence-corrected chi connectivity index (χ4v) is 0.948. The van der Waals surface area contributed by atoms with Crippen LogP contribution in [0.3, 0.4) is 0 Å². The van der Waals surface area contributed by atoms with E-state index < -0.39 is 0 Å². The molecular formula is C7H10ClN3. The van der Waals surface area contributed by atoms with E-state index in [9.17, 15) is 0 Å². The summed E-state index contributed by atoms with van der Waals surface area (Å²) in [4.78, 5) is 12.1. The van der Waals surface area contributed by atoms with Gasteiger partial charge in [0.1, 0.15) is 11.6 Å². The number of aryl methyl sites for hydroxylation is 2. The first-order chi connectivity index (χ1) is 5.26. The van der Waals surface area contributed by atoms with Gasteiger partial charge in [0.05, 0.1) is 0 Å². The molecular weight excluding hydrogens is 162 g/mol. The molecule has 4 heteroatoms. The fourth-order valence-electron chi connectivity index (χ4n) is 0.753. The zero-order valence-corrected chi connectivity index (χ0v) is 7.39. The lowest BCUT2D eigenvalue weighted by molar-refractivity contribution is 0.825. The van der Waals surface area contributed by atoms with Gasteiger partial charge >= 0.3 is 0 Å². The molecule has 0 N–H and O–H groups in total. The van der Waals surface area contributed by atoms with Crippen molar-refractivity contribution in [1.82, 2.24) is 15.0 Å². The molecule has 0 aliphatic heterocycles. The van der Waals surface area contributed by atoms with Crippen LogP contribution in [-0.4, -0.2) is 15.0 Å². The average molecular weight is 172 g/mol. The molecule has 60 valence electrons. The number of nitrogens with zero attached hydrogens (tertiary/aromatic N) is 3. The summed E-state index contributed by atoms with van der Waals surface area (Å²) in [6, 6.07) is 0. The Morgan fingerprint density at radius 2 is 1.45 bits per heavy atom. The molecule has 0 fully saturated rings. The molecule has 1 aromatic rings. The fraction of sp³-hybridized carbons (Fsp3) is 0.571. The lowest BCUT2D eigenvalue weighted by Gasteiger charge is -1.98. The molecule has 0 aromatic carbocycles. The molecule has 0 amide bonds. The van der Waals surface area contributed by atoms with Crippen LogP contribution in [0.1, 0.15) is 25.5 Å². The summed E-state index contributed by atoms with van der Waals surface area (Å²) in [5.41, 5.74) is 0. The van der Waals surface area contributed by atoms with E-state index in [0.29, 0.717) is 5.28 Å². The Balaban J connectivity index is 3.02. The number of aromatic nitrogens is 3. The van der Waals surface area contributed by atoms with Crippen molar-refractivity contribution in [2.45, 2.75) is 26.7 Å². The molecule has 0 spiro atoms. The number of rotatable bonds is 2. The molecule has 0 unspecified atom stereocenters. The normalized spacial score (nSPS) is 10.1. The van der Waals surface area contributed by atoms with Gasteiger partial charge in [-0.3, -0.25) is 0 Å². The first kappa shape index (κ1) is 8.40. The van der Waals surface area contributed by atoms with Crippen molar-refractivity contribution in [3.05, 3.63) is 16.9 Å². The van der Waals surface area contributed by atoms with E-state index in [1.54, 1.807) is 0 Å². The Kier molecular flexibility index (Phi) is 2.76. The van der Waals surface area contributed by atoms with Crippen molar-refractivity contribution in [2.75, 3.05) is 0 Å². The second-order valence-corrected chi connectivity index (χ2v) is 2.48. The van der Waals surface area contributed by atoms with Crippen LogP contribution in [0, 0.1) is 0 Å². The van der Waals surface area contributed by atoms with Crippen molar-refractivity contribution >= 4 is 11.6 Å². The molecule has 1 rings (SSSR count). The smallest absolute Gasteiger partial charge is 0.218 e. The highest BCUT2D eigenvalue weighted by atomic mass is 35.5. The van der Waals surface area contributed by atoms with Crippen LogP contribution in [0.2, 0.25) is 5.28 Å². The Morgan fingerprint density at radius 3 is 1.82 bits per heavy atom. The van der Waals surface area contributed by atoms with Crippen LogP contribution >= 0.6 is 11.6 Å². The van der Waals surface area contributed by atoms with E-state index in [1.807, 2.05) is 13.8 Å². The van der Waals surface area contributed by atoms with Crippen molar-refractivity contribution < 1.29 is 0 Å². The van der Waals surface area contributed by atoms with Crippen molar-refractivity contribution in [1.29, 1.82) is 0 Å².